The van der Waals surface area contributed by atoms with E-state index in [-0.39, 0.29) is 18.4 Å². The molecule has 2 amide bonds. The summed E-state index contributed by atoms with van der Waals surface area (Å²) in [4.78, 5) is 27.9. The smallest absolute Gasteiger partial charge is 0.251 e. The highest BCUT2D eigenvalue weighted by atomic mass is 16.2. The molecule has 0 atom stereocenters. The van der Waals surface area contributed by atoms with Gasteiger partial charge in [0.1, 0.15) is 5.82 Å². The number of aryl methyl sites for hydroxylation is 1. The van der Waals surface area contributed by atoms with Gasteiger partial charge < -0.3 is 16.4 Å². The Morgan fingerprint density at radius 2 is 2.00 bits per heavy atom. The fourth-order valence-corrected chi connectivity index (χ4v) is 1.75. The third kappa shape index (κ3) is 3.94. The molecule has 6 nitrogen and oxygen atoms in total. The highest BCUT2D eigenvalue weighted by Crippen LogP contribution is 2.14. The number of pyridine rings is 1. The number of nitrogen functional groups attached to an aromatic ring is 1. The molecule has 0 aliphatic carbocycles. The maximum atomic E-state index is 12.1. The quantitative estimate of drug-likeness (QED) is 0.739. The van der Waals surface area contributed by atoms with Crippen molar-refractivity contribution in [2.75, 3.05) is 19.3 Å². The first-order valence-electron chi connectivity index (χ1n) is 6.57. The zero-order chi connectivity index (χ0) is 15.3. The second kappa shape index (κ2) is 6.36. The Morgan fingerprint density at radius 3 is 2.55 bits per heavy atom. The lowest BCUT2D eigenvalue weighted by atomic mass is 9.92. The lowest BCUT2D eigenvalue weighted by Crippen LogP contribution is -2.43. The molecule has 0 saturated carbocycles. The van der Waals surface area contributed by atoms with Crippen LogP contribution in [0.4, 0.5) is 5.82 Å². The summed E-state index contributed by atoms with van der Waals surface area (Å²) in [7, 11) is 1.57. The molecule has 0 radical (unpaired) electrons. The van der Waals surface area contributed by atoms with Gasteiger partial charge in [-0.2, -0.15) is 0 Å². The maximum Gasteiger partial charge on any atom is 0.251 e. The molecule has 1 heterocycles. The summed E-state index contributed by atoms with van der Waals surface area (Å²) < 4.78 is 0. The van der Waals surface area contributed by atoms with Crippen LogP contribution < -0.4 is 16.4 Å². The predicted octanol–water partition coefficient (Wildman–Crippen LogP) is 0.728. The second-order valence-electron chi connectivity index (χ2n) is 5.27. The number of hydrogen-bond acceptors (Lipinski definition) is 4. The number of rotatable bonds is 5. The largest absolute Gasteiger partial charge is 0.384 e. The van der Waals surface area contributed by atoms with Crippen LogP contribution in [-0.4, -0.2) is 30.4 Å². The lowest BCUT2D eigenvalue weighted by molar-refractivity contribution is -0.128. The minimum absolute atomic E-state index is 0.124. The van der Waals surface area contributed by atoms with E-state index in [9.17, 15) is 9.59 Å². The molecule has 0 aliphatic rings. The highest BCUT2D eigenvalue weighted by Gasteiger charge is 2.27. The first kappa shape index (κ1) is 15.9. The number of nitrogens with one attached hydrogen (secondary N) is 2. The molecule has 0 aliphatic heterocycles. The highest BCUT2D eigenvalue weighted by molar-refractivity contribution is 5.95. The average Bonchev–Trinajstić information content (AvgIpc) is 2.42. The van der Waals surface area contributed by atoms with Gasteiger partial charge in [0.05, 0.1) is 5.41 Å². The van der Waals surface area contributed by atoms with Crippen LogP contribution in [0.25, 0.3) is 0 Å². The van der Waals surface area contributed by atoms with E-state index in [1.807, 2.05) is 6.92 Å². The van der Waals surface area contributed by atoms with Gasteiger partial charge in [0.15, 0.2) is 0 Å². The number of carbonyl (C=O) groups excluding carboxylic acids is 2. The van der Waals surface area contributed by atoms with Crippen molar-refractivity contribution in [3.8, 4) is 0 Å². The van der Waals surface area contributed by atoms with E-state index >= 15 is 0 Å². The molecule has 0 saturated heterocycles. The summed E-state index contributed by atoms with van der Waals surface area (Å²) in [5.74, 6) is -0.0628. The van der Waals surface area contributed by atoms with Gasteiger partial charge in [-0.1, -0.05) is 6.92 Å². The van der Waals surface area contributed by atoms with E-state index < -0.39 is 5.41 Å². The Morgan fingerprint density at radius 1 is 1.35 bits per heavy atom. The number of nitrogens with zero attached hydrogens (tertiary/aromatic N) is 1. The third-order valence-electron chi connectivity index (χ3n) is 3.06. The Kier molecular flexibility index (Phi) is 5.07. The van der Waals surface area contributed by atoms with Gasteiger partial charge in [-0.15, -0.1) is 0 Å². The van der Waals surface area contributed by atoms with Gasteiger partial charge in [-0.25, -0.2) is 4.98 Å². The fraction of sp³-hybridized carbons (Fsp3) is 0.500. The molecular weight excluding hydrogens is 256 g/mol. The van der Waals surface area contributed by atoms with E-state index in [1.165, 1.54) is 6.07 Å². The Hall–Kier alpha value is -2.11. The van der Waals surface area contributed by atoms with Crippen molar-refractivity contribution in [2.24, 2.45) is 5.41 Å². The number of aromatic nitrogens is 1. The number of amides is 2. The van der Waals surface area contributed by atoms with Crippen LogP contribution in [0.1, 0.15) is 36.8 Å². The topological polar surface area (TPSA) is 97.1 Å². The summed E-state index contributed by atoms with van der Waals surface area (Å²) in [6.07, 6.45) is 0.703. The van der Waals surface area contributed by atoms with Crippen LogP contribution in [0.15, 0.2) is 12.1 Å². The zero-order valence-electron chi connectivity index (χ0n) is 12.4. The van der Waals surface area contributed by atoms with Gasteiger partial charge in [0.25, 0.3) is 5.91 Å². The van der Waals surface area contributed by atoms with Gasteiger partial charge in [0, 0.05) is 24.8 Å². The van der Waals surface area contributed by atoms with Crippen molar-refractivity contribution < 1.29 is 9.59 Å². The van der Waals surface area contributed by atoms with Crippen LogP contribution in [0.2, 0.25) is 0 Å². The predicted molar refractivity (Wildman–Crippen MR) is 78.2 cm³/mol. The van der Waals surface area contributed by atoms with E-state index in [0.717, 1.165) is 5.69 Å². The van der Waals surface area contributed by atoms with E-state index in [2.05, 4.69) is 15.6 Å². The number of nitrogens with two attached hydrogens (primary N) is 1. The van der Waals surface area contributed by atoms with E-state index in [0.29, 0.717) is 17.8 Å². The lowest BCUT2D eigenvalue weighted by Gasteiger charge is -2.22. The summed E-state index contributed by atoms with van der Waals surface area (Å²) >= 11 is 0. The molecule has 1 aromatic rings. The molecule has 20 heavy (non-hydrogen) atoms. The first-order chi connectivity index (χ1) is 9.30. The monoisotopic (exact) mass is 278 g/mol. The molecule has 0 fully saturated rings. The molecule has 0 spiro atoms. The van der Waals surface area contributed by atoms with Crippen LogP contribution in [0.3, 0.4) is 0 Å². The SMILES string of the molecule is CCc1cc(C(=O)NCC(C)(C)C(=O)NC)cc(N)n1. The van der Waals surface area contributed by atoms with Crippen LogP contribution >= 0.6 is 0 Å². The minimum Gasteiger partial charge on any atom is -0.384 e. The van der Waals surface area contributed by atoms with Crippen molar-refractivity contribution >= 4 is 17.6 Å². The molecular formula is C14H22N4O2. The third-order valence-corrected chi connectivity index (χ3v) is 3.06. The summed E-state index contributed by atoms with van der Waals surface area (Å²) in [6.45, 7) is 5.72. The van der Waals surface area contributed by atoms with E-state index in [4.69, 9.17) is 5.73 Å². The maximum absolute atomic E-state index is 12.1. The fourth-order valence-electron chi connectivity index (χ4n) is 1.75. The van der Waals surface area contributed by atoms with Crippen molar-refractivity contribution in [1.29, 1.82) is 0 Å². The summed E-state index contributed by atoms with van der Waals surface area (Å²) in [5, 5.41) is 5.33. The van der Waals surface area contributed by atoms with Crippen LogP contribution in [-0.2, 0) is 11.2 Å². The first-order valence-corrected chi connectivity index (χ1v) is 6.57. The van der Waals surface area contributed by atoms with Crippen molar-refractivity contribution in [1.82, 2.24) is 15.6 Å². The van der Waals surface area contributed by atoms with Crippen LogP contribution in [0.5, 0.6) is 0 Å². The number of hydrogen-bond donors (Lipinski definition) is 3. The Bertz CT molecular complexity index is 512. The van der Waals surface area contributed by atoms with Crippen molar-refractivity contribution in [2.45, 2.75) is 27.2 Å². The normalized spacial score (nSPS) is 11.0. The molecule has 6 heteroatoms. The average molecular weight is 278 g/mol. The Labute approximate surface area is 119 Å². The summed E-state index contributed by atoms with van der Waals surface area (Å²) in [6, 6.07) is 3.24. The van der Waals surface area contributed by atoms with Crippen molar-refractivity contribution in [3.05, 3.63) is 23.4 Å². The minimum atomic E-state index is -0.670. The standard InChI is InChI=1S/C14H22N4O2/c1-5-10-6-9(7-11(15)18-10)12(19)17-8-14(2,3)13(20)16-4/h6-7H,5,8H2,1-4H3,(H2,15,18)(H,16,20)(H,17,19). The van der Waals surface area contributed by atoms with Crippen molar-refractivity contribution in [3.63, 3.8) is 0 Å². The van der Waals surface area contributed by atoms with E-state index in [1.54, 1.807) is 27.0 Å². The number of carbonyl (C=O) groups is 2. The molecule has 110 valence electrons. The molecule has 0 aromatic carbocycles. The van der Waals surface area contributed by atoms with Crippen LogP contribution in [0, 0.1) is 5.41 Å². The van der Waals surface area contributed by atoms with Gasteiger partial charge in [-0.3, -0.25) is 9.59 Å². The molecule has 0 unspecified atom stereocenters. The summed E-state index contributed by atoms with van der Waals surface area (Å²) in [5.41, 5.74) is 6.22. The Balaban J connectivity index is 2.77. The second-order valence-corrected chi connectivity index (χ2v) is 5.27. The van der Waals surface area contributed by atoms with Gasteiger partial charge in [-0.05, 0) is 32.4 Å². The number of anilines is 1. The van der Waals surface area contributed by atoms with Gasteiger partial charge >= 0.3 is 0 Å². The molecule has 0 bridgehead atoms. The molecule has 4 N–H and O–H groups in total. The zero-order valence-corrected chi connectivity index (χ0v) is 12.4. The molecule has 1 rings (SSSR count). The molecule has 1 aromatic heterocycles. The van der Waals surface area contributed by atoms with Gasteiger partial charge in [0.2, 0.25) is 5.91 Å².